The van der Waals surface area contributed by atoms with Gasteiger partial charge in [0.1, 0.15) is 12.2 Å². The Balaban J connectivity index is 2.03. The van der Waals surface area contributed by atoms with Gasteiger partial charge >= 0.3 is 17.9 Å². The van der Waals surface area contributed by atoms with Crippen molar-refractivity contribution < 1.29 is 38.4 Å². The highest BCUT2D eigenvalue weighted by atomic mass is 16.6. The Morgan fingerprint density at radius 2 is 1.81 bits per heavy atom. The summed E-state index contributed by atoms with van der Waals surface area (Å²) >= 11 is 0. The molecule has 6 atom stereocenters. The smallest absolute Gasteiger partial charge is 0.338 e. The third-order valence-corrected chi connectivity index (χ3v) is 5.35. The molecule has 0 radical (unpaired) electrons. The van der Waals surface area contributed by atoms with Gasteiger partial charge in [0.05, 0.1) is 24.2 Å². The zero-order valence-corrected chi connectivity index (χ0v) is 18.4. The highest BCUT2D eigenvalue weighted by Crippen LogP contribution is 2.23. The van der Waals surface area contributed by atoms with Crippen molar-refractivity contribution in [2.45, 2.75) is 65.1 Å². The summed E-state index contributed by atoms with van der Waals surface area (Å²) in [6.45, 7) is 8.04. The highest BCUT2D eigenvalue weighted by Gasteiger charge is 2.43. The van der Waals surface area contributed by atoms with Crippen LogP contribution >= 0.6 is 0 Å². The van der Waals surface area contributed by atoms with E-state index in [-0.39, 0.29) is 6.61 Å². The maximum atomic E-state index is 12.7. The summed E-state index contributed by atoms with van der Waals surface area (Å²) in [6.07, 6.45) is -3.01. The molecule has 0 amide bonds. The molecule has 1 aromatic carbocycles. The monoisotopic (exact) mass is 434 g/mol. The predicted octanol–water partition coefficient (Wildman–Crippen LogP) is 2.44. The van der Waals surface area contributed by atoms with Crippen molar-refractivity contribution in [1.82, 2.24) is 0 Å². The summed E-state index contributed by atoms with van der Waals surface area (Å²) < 4.78 is 21.7. The lowest BCUT2D eigenvalue weighted by Gasteiger charge is -2.38. The Kier molecular flexibility index (Phi) is 8.76. The first-order valence-corrected chi connectivity index (χ1v) is 10.3. The van der Waals surface area contributed by atoms with E-state index in [1.807, 2.05) is 0 Å². The van der Waals surface area contributed by atoms with E-state index in [1.54, 1.807) is 71.0 Å². The van der Waals surface area contributed by atoms with Crippen LogP contribution < -0.4 is 0 Å². The molecule has 1 heterocycles. The van der Waals surface area contributed by atoms with Gasteiger partial charge in [0.2, 0.25) is 0 Å². The zero-order chi connectivity index (χ0) is 23.1. The average molecular weight is 434 g/mol. The van der Waals surface area contributed by atoms with E-state index >= 15 is 0 Å². The Hall–Kier alpha value is -2.71. The largest absolute Gasteiger partial charge is 0.458 e. The van der Waals surface area contributed by atoms with Gasteiger partial charge in [-0.1, -0.05) is 24.3 Å². The summed E-state index contributed by atoms with van der Waals surface area (Å²) in [4.78, 5) is 37.1. The van der Waals surface area contributed by atoms with Crippen molar-refractivity contribution in [2.24, 2.45) is 5.92 Å². The van der Waals surface area contributed by atoms with E-state index in [4.69, 9.17) is 18.9 Å². The standard InChI is InChI=1S/C23H30O8/c1-6-13(2)21(25)31-20-18(12-28-16(5)19(20)24)30-22(26)14(3)15(4)29-23(27)17-10-8-7-9-11-17/h6-11,14-16,18-20,24H,12H2,1-5H3/b13-6-. The van der Waals surface area contributed by atoms with Crippen LogP contribution in [0.3, 0.4) is 0 Å². The molecular formula is C23H30O8. The van der Waals surface area contributed by atoms with Crippen LogP contribution in [-0.4, -0.2) is 60.1 Å². The Morgan fingerprint density at radius 3 is 2.42 bits per heavy atom. The molecule has 0 bridgehead atoms. The van der Waals surface area contributed by atoms with Crippen LogP contribution in [0.15, 0.2) is 42.0 Å². The number of aliphatic hydroxyl groups is 1. The van der Waals surface area contributed by atoms with Crippen molar-refractivity contribution in [3.8, 4) is 0 Å². The number of hydrogen-bond donors (Lipinski definition) is 1. The number of carbonyl (C=O) groups is 3. The van der Waals surface area contributed by atoms with Crippen molar-refractivity contribution >= 4 is 17.9 Å². The van der Waals surface area contributed by atoms with Crippen molar-refractivity contribution in [3.05, 3.63) is 47.5 Å². The topological polar surface area (TPSA) is 108 Å². The summed E-state index contributed by atoms with van der Waals surface area (Å²) in [5, 5.41) is 10.4. The molecule has 0 saturated carbocycles. The summed E-state index contributed by atoms with van der Waals surface area (Å²) in [7, 11) is 0. The fraction of sp³-hybridized carbons (Fsp3) is 0.522. The molecule has 8 nitrogen and oxygen atoms in total. The minimum Gasteiger partial charge on any atom is -0.458 e. The van der Waals surface area contributed by atoms with Gasteiger partial charge in [0.15, 0.2) is 12.2 Å². The summed E-state index contributed by atoms with van der Waals surface area (Å²) in [5.41, 5.74) is 0.741. The fourth-order valence-corrected chi connectivity index (χ4v) is 2.87. The van der Waals surface area contributed by atoms with E-state index < -0.39 is 54.3 Å². The molecule has 1 saturated heterocycles. The van der Waals surface area contributed by atoms with Gasteiger partial charge in [-0.05, 0) is 46.8 Å². The molecule has 1 aromatic rings. The minimum atomic E-state index is -1.16. The number of benzene rings is 1. The second kappa shape index (κ2) is 11.1. The van der Waals surface area contributed by atoms with Gasteiger partial charge in [-0.25, -0.2) is 9.59 Å². The van der Waals surface area contributed by atoms with Gasteiger partial charge in [-0.15, -0.1) is 0 Å². The number of esters is 3. The number of ether oxygens (including phenoxy) is 4. The quantitative estimate of drug-likeness (QED) is 0.396. The molecule has 170 valence electrons. The van der Waals surface area contributed by atoms with Gasteiger partial charge < -0.3 is 24.1 Å². The van der Waals surface area contributed by atoms with Crippen molar-refractivity contribution in [2.75, 3.05) is 6.61 Å². The molecule has 6 unspecified atom stereocenters. The normalized spacial score (nSPS) is 25.8. The first-order valence-electron chi connectivity index (χ1n) is 10.3. The molecule has 0 aromatic heterocycles. The van der Waals surface area contributed by atoms with Crippen LogP contribution in [-0.2, 0) is 28.5 Å². The second-order valence-electron chi connectivity index (χ2n) is 7.61. The third-order valence-electron chi connectivity index (χ3n) is 5.35. The zero-order valence-electron chi connectivity index (χ0n) is 18.4. The van der Waals surface area contributed by atoms with Crippen molar-refractivity contribution in [1.29, 1.82) is 0 Å². The predicted molar refractivity (Wildman–Crippen MR) is 111 cm³/mol. The lowest BCUT2D eigenvalue weighted by atomic mass is 10.00. The Bertz CT molecular complexity index is 803. The van der Waals surface area contributed by atoms with Gasteiger partial charge in [-0.2, -0.15) is 0 Å². The summed E-state index contributed by atoms with van der Waals surface area (Å²) in [6, 6.07) is 8.44. The SMILES string of the molecule is C/C=C(/C)C(=O)OC1C(OC(=O)C(C)C(C)OC(=O)c2ccccc2)COC(C)C1O. The molecule has 1 N–H and O–H groups in total. The maximum Gasteiger partial charge on any atom is 0.338 e. The van der Waals surface area contributed by atoms with Crippen LogP contribution in [0.4, 0.5) is 0 Å². The molecule has 8 heteroatoms. The Morgan fingerprint density at radius 1 is 1.16 bits per heavy atom. The van der Waals surface area contributed by atoms with E-state index in [9.17, 15) is 19.5 Å². The van der Waals surface area contributed by atoms with Crippen LogP contribution in [0.5, 0.6) is 0 Å². The number of carbonyl (C=O) groups excluding carboxylic acids is 3. The molecule has 0 spiro atoms. The number of aliphatic hydroxyl groups excluding tert-OH is 1. The van der Waals surface area contributed by atoms with Crippen LogP contribution in [0.2, 0.25) is 0 Å². The highest BCUT2D eigenvalue weighted by molar-refractivity contribution is 5.89. The molecule has 1 aliphatic heterocycles. The van der Waals surface area contributed by atoms with Crippen LogP contribution in [0.1, 0.15) is 45.0 Å². The van der Waals surface area contributed by atoms with Gasteiger partial charge in [0, 0.05) is 5.57 Å². The number of allylic oxidation sites excluding steroid dienone is 1. The molecule has 1 fully saturated rings. The lowest BCUT2D eigenvalue weighted by molar-refractivity contribution is -0.216. The maximum absolute atomic E-state index is 12.7. The van der Waals surface area contributed by atoms with Gasteiger partial charge in [0.25, 0.3) is 0 Å². The molecule has 1 aliphatic rings. The van der Waals surface area contributed by atoms with E-state index in [0.717, 1.165) is 0 Å². The van der Waals surface area contributed by atoms with E-state index in [1.165, 1.54) is 0 Å². The first-order chi connectivity index (χ1) is 14.6. The third kappa shape index (κ3) is 6.38. The van der Waals surface area contributed by atoms with Crippen molar-refractivity contribution in [3.63, 3.8) is 0 Å². The van der Waals surface area contributed by atoms with E-state index in [0.29, 0.717) is 11.1 Å². The number of rotatable bonds is 7. The minimum absolute atomic E-state index is 0.0400. The Labute approximate surface area is 182 Å². The van der Waals surface area contributed by atoms with Gasteiger partial charge in [-0.3, -0.25) is 4.79 Å². The molecule has 2 rings (SSSR count). The molecule has 31 heavy (non-hydrogen) atoms. The molecular weight excluding hydrogens is 404 g/mol. The van der Waals surface area contributed by atoms with Crippen LogP contribution in [0, 0.1) is 5.92 Å². The van der Waals surface area contributed by atoms with E-state index in [2.05, 4.69) is 0 Å². The fourth-order valence-electron chi connectivity index (χ4n) is 2.87. The molecule has 0 aliphatic carbocycles. The lowest BCUT2D eigenvalue weighted by Crippen LogP contribution is -2.55. The second-order valence-corrected chi connectivity index (χ2v) is 7.61. The number of hydrogen-bond acceptors (Lipinski definition) is 8. The summed E-state index contributed by atoms with van der Waals surface area (Å²) in [5.74, 6) is -2.61. The first kappa shape index (κ1) is 24.6. The average Bonchev–Trinajstić information content (AvgIpc) is 2.77. The van der Waals surface area contributed by atoms with Crippen LogP contribution in [0.25, 0.3) is 0 Å².